The van der Waals surface area contributed by atoms with Crippen LogP contribution in [0.4, 0.5) is 10.1 Å². The van der Waals surface area contributed by atoms with Crippen LogP contribution in [0.3, 0.4) is 0 Å². The number of sulfonamides is 1. The Hall–Kier alpha value is -3.72. The van der Waals surface area contributed by atoms with Crippen LogP contribution in [0.2, 0.25) is 0 Å². The van der Waals surface area contributed by atoms with Gasteiger partial charge >= 0.3 is 5.97 Å². The maximum atomic E-state index is 13.3. The molecule has 1 N–H and O–H groups in total. The molecule has 0 fully saturated rings. The molecule has 3 aromatic rings. The summed E-state index contributed by atoms with van der Waals surface area (Å²) in [6.45, 7) is 0. The SMILES string of the molecule is COC(=O)CC(NC(=O)c1ccc(S(=O)(=O)N(C)c2ccccc2)cc1)c1ccc(F)cc1. The van der Waals surface area contributed by atoms with Crippen molar-refractivity contribution in [2.45, 2.75) is 17.4 Å². The molecule has 0 spiro atoms. The Labute approximate surface area is 191 Å². The fraction of sp³-hybridized carbons (Fsp3) is 0.167. The predicted molar refractivity (Wildman–Crippen MR) is 122 cm³/mol. The maximum absolute atomic E-state index is 13.3. The van der Waals surface area contributed by atoms with Gasteiger partial charge in [0.15, 0.2) is 0 Å². The van der Waals surface area contributed by atoms with Crippen LogP contribution in [0, 0.1) is 5.82 Å². The van der Waals surface area contributed by atoms with Crippen LogP contribution in [0.5, 0.6) is 0 Å². The quantitative estimate of drug-likeness (QED) is 0.507. The Kier molecular flexibility index (Phi) is 7.44. The molecule has 7 nitrogen and oxygen atoms in total. The van der Waals surface area contributed by atoms with Gasteiger partial charge in [-0.05, 0) is 54.1 Å². The first-order valence-electron chi connectivity index (χ1n) is 9.99. The van der Waals surface area contributed by atoms with Crippen LogP contribution >= 0.6 is 0 Å². The average molecular weight is 471 g/mol. The molecule has 9 heteroatoms. The summed E-state index contributed by atoms with van der Waals surface area (Å²) in [6.07, 6.45) is -0.151. The lowest BCUT2D eigenvalue weighted by Crippen LogP contribution is -2.30. The summed E-state index contributed by atoms with van der Waals surface area (Å²) in [5.74, 6) is -1.51. The number of esters is 1. The molecule has 0 aromatic heterocycles. The van der Waals surface area contributed by atoms with Gasteiger partial charge < -0.3 is 10.1 Å². The number of anilines is 1. The molecule has 172 valence electrons. The summed E-state index contributed by atoms with van der Waals surface area (Å²) < 4.78 is 44.9. The van der Waals surface area contributed by atoms with E-state index >= 15 is 0 Å². The fourth-order valence-corrected chi connectivity index (χ4v) is 4.35. The Morgan fingerprint density at radius 1 is 0.970 bits per heavy atom. The number of para-hydroxylation sites is 1. The number of nitrogens with one attached hydrogen (secondary N) is 1. The highest BCUT2D eigenvalue weighted by molar-refractivity contribution is 7.92. The van der Waals surface area contributed by atoms with E-state index in [9.17, 15) is 22.4 Å². The number of carbonyl (C=O) groups excluding carboxylic acids is 2. The molecule has 3 aromatic carbocycles. The molecule has 0 aliphatic heterocycles. The van der Waals surface area contributed by atoms with Gasteiger partial charge in [-0.2, -0.15) is 0 Å². The Bertz CT molecular complexity index is 1210. The Morgan fingerprint density at radius 2 is 1.58 bits per heavy atom. The van der Waals surface area contributed by atoms with E-state index in [4.69, 9.17) is 0 Å². The van der Waals surface area contributed by atoms with Gasteiger partial charge in [-0.25, -0.2) is 12.8 Å². The van der Waals surface area contributed by atoms with Crippen LogP contribution < -0.4 is 9.62 Å². The zero-order chi connectivity index (χ0) is 24.0. The molecule has 0 saturated carbocycles. The van der Waals surface area contributed by atoms with Crippen molar-refractivity contribution in [1.82, 2.24) is 5.32 Å². The van der Waals surface area contributed by atoms with E-state index in [1.54, 1.807) is 30.3 Å². The Balaban J connectivity index is 1.79. The van der Waals surface area contributed by atoms with E-state index in [-0.39, 0.29) is 16.9 Å². The summed E-state index contributed by atoms with van der Waals surface area (Å²) in [7, 11) is -1.14. The second-order valence-corrected chi connectivity index (χ2v) is 9.16. The second kappa shape index (κ2) is 10.3. The van der Waals surface area contributed by atoms with Gasteiger partial charge in [-0.1, -0.05) is 30.3 Å². The number of carbonyl (C=O) groups is 2. The molecule has 0 heterocycles. The van der Waals surface area contributed by atoms with Gasteiger partial charge in [0.1, 0.15) is 5.82 Å². The average Bonchev–Trinajstić information content (AvgIpc) is 2.84. The van der Waals surface area contributed by atoms with E-state index < -0.39 is 33.8 Å². The van der Waals surface area contributed by atoms with Gasteiger partial charge in [0.2, 0.25) is 0 Å². The monoisotopic (exact) mass is 470 g/mol. The van der Waals surface area contributed by atoms with Crippen molar-refractivity contribution >= 4 is 27.6 Å². The third kappa shape index (κ3) is 5.75. The molecular formula is C24H23FN2O5S. The lowest BCUT2D eigenvalue weighted by Gasteiger charge is -2.20. The van der Waals surface area contributed by atoms with E-state index in [0.29, 0.717) is 11.3 Å². The standard InChI is InChI=1S/C24H23FN2O5S/c1-27(20-6-4-3-5-7-20)33(30,31)21-14-10-18(11-15-21)24(29)26-22(16-23(28)32-2)17-8-12-19(25)13-9-17/h3-15,22H,16H2,1-2H3,(H,26,29). The van der Waals surface area contributed by atoms with E-state index in [1.165, 1.54) is 62.7 Å². The zero-order valence-corrected chi connectivity index (χ0v) is 18.9. The number of halogens is 1. The van der Waals surface area contributed by atoms with Crippen LogP contribution in [-0.4, -0.2) is 34.5 Å². The smallest absolute Gasteiger partial charge is 0.307 e. The lowest BCUT2D eigenvalue weighted by molar-refractivity contribution is -0.141. The molecule has 33 heavy (non-hydrogen) atoms. The van der Waals surface area contributed by atoms with Crippen molar-refractivity contribution in [2.75, 3.05) is 18.5 Å². The highest BCUT2D eigenvalue weighted by atomic mass is 32.2. The van der Waals surface area contributed by atoms with E-state index in [1.807, 2.05) is 0 Å². The van der Waals surface area contributed by atoms with Gasteiger partial charge in [-0.3, -0.25) is 13.9 Å². The first-order chi connectivity index (χ1) is 15.7. The predicted octanol–water partition coefficient (Wildman–Crippen LogP) is 3.69. The number of amides is 1. The number of hydrogen-bond donors (Lipinski definition) is 1. The molecular weight excluding hydrogens is 447 g/mol. The number of ether oxygens (including phenoxy) is 1. The zero-order valence-electron chi connectivity index (χ0n) is 18.1. The van der Waals surface area contributed by atoms with E-state index in [2.05, 4.69) is 10.1 Å². The summed E-state index contributed by atoms with van der Waals surface area (Å²) in [5, 5.41) is 2.72. The van der Waals surface area contributed by atoms with Crippen molar-refractivity contribution in [2.24, 2.45) is 0 Å². The first kappa shape index (κ1) is 23.9. The minimum atomic E-state index is -3.82. The number of hydrogen-bond acceptors (Lipinski definition) is 5. The summed E-state index contributed by atoms with van der Waals surface area (Å²) in [6, 6.07) is 18.7. The fourth-order valence-electron chi connectivity index (χ4n) is 3.15. The summed E-state index contributed by atoms with van der Waals surface area (Å²) >= 11 is 0. The largest absolute Gasteiger partial charge is 0.469 e. The minimum Gasteiger partial charge on any atom is -0.469 e. The van der Waals surface area contributed by atoms with Crippen molar-refractivity contribution in [1.29, 1.82) is 0 Å². The van der Waals surface area contributed by atoms with Crippen molar-refractivity contribution in [3.05, 3.63) is 95.8 Å². The van der Waals surface area contributed by atoms with Crippen LogP contribution in [0.1, 0.15) is 28.4 Å². The maximum Gasteiger partial charge on any atom is 0.307 e. The molecule has 1 amide bonds. The molecule has 0 radical (unpaired) electrons. The lowest BCUT2D eigenvalue weighted by atomic mass is 10.0. The van der Waals surface area contributed by atoms with Gasteiger partial charge in [0.25, 0.3) is 15.9 Å². The molecule has 0 aliphatic rings. The highest BCUT2D eigenvalue weighted by Crippen LogP contribution is 2.23. The molecule has 1 unspecified atom stereocenters. The molecule has 0 saturated heterocycles. The molecule has 0 aliphatic carbocycles. The summed E-state index contributed by atoms with van der Waals surface area (Å²) in [5.41, 5.74) is 1.23. The third-order valence-corrected chi connectivity index (χ3v) is 6.87. The van der Waals surface area contributed by atoms with Crippen LogP contribution in [0.15, 0.2) is 83.8 Å². The second-order valence-electron chi connectivity index (χ2n) is 7.19. The summed E-state index contributed by atoms with van der Waals surface area (Å²) in [4.78, 5) is 24.6. The highest BCUT2D eigenvalue weighted by Gasteiger charge is 2.23. The molecule has 3 rings (SSSR count). The van der Waals surface area contributed by atoms with Gasteiger partial charge in [0, 0.05) is 12.6 Å². The van der Waals surface area contributed by atoms with Crippen LogP contribution in [0.25, 0.3) is 0 Å². The normalized spacial score (nSPS) is 12.0. The van der Waals surface area contributed by atoms with Crippen molar-refractivity contribution < 1.29 is 27.1 Å². The molecule has 0 bridgehead atoms. The molecule has 1 atom stereocenters. The van der Waals surface area contributed by atoms with Gasteiger partial charge in [-0.15, -0.1) is 0 Å². The van der Waals surface area contributed by atoms with Crippen molar-refractivity contribution in [3.63, 3.8) is 0 Å². The number of rotatable bonds is 8. The third-order valence-electron chi connectivity index (χ3n) is 5.07. The van der Waals surface area contributed by atoms with Crippen molar-refractivity contribution in [3.8, 4) is 0 Å². The van der Waals surface area contributed by atoms with Gasteiger partial charge in [0.05, 0.1) is 30.2 Å². The topological polar surface area (TPSA) is 92.8 Å². The number of nitrogens with zero attached hydrogens (tertiary/aromatic N) is 1. The number of benzene rings is 3. The van der Waals surface area contributed by atoms with Crippen LogP contribution in [-0.2, 0) is 19.6 Å². The minimum absolute atomic E-state index is 0.0232. The first-order valence-corrected chi connectivity index (χ1v) is 11.4. The number of methoxy groups -OCH3 is 1. The Morgan fingerprint density at radius 3 is 2.15 bits per heavy atom. The van der Waals surface area contributed by atoms with E-state index in [0.717, 1.165) is 4.31 Å².